The number of hydrogen-bond donors (Lipinski definition) is 1. The standard InChI is InChI=1S/C22H21NO2/c1-25-22(24)17-12-13-18-19(14-17)23-21(16-10-6-3-7-11-16)20(18)15-8-4-2-5-9-15/h3-4,6-8,10-15,23H,2,5,9H2,1H3. The largest absolute Gasteiger partial charge is 0.465 e. The highest BCUT2D eigenvalue weighted by Crippen LogP contribution is 2.40. The minimum Gasteiger partial charge on any atom is -0.465 e. The van der Waals surface area contributed by atoms with E-state index in [9.17, 15) is 4.79 Å². The number of carbonyl (C=O) groups is 1. The number of fused-ring (bicyclic) bond motifs is 1. The Kier molecular flexibility index (Phi) is 4.14. The first-order chi connectivity index (χ1) is 12.3. The molecule has 0 spiro atoms. The number of hydrogen-bond acceptors (Lipinski definition) is 2. The van der Waals surface area contributed by atoms with Crippen molar-refractivity contribution >= 4 is 16.9 Å². The molecule has 1 heterocycles. The summed E-state index contributed by atoms with van der Waals surface area (Å²) in [5, 5.41) is 1.18. The molecular formula is C22H21NO2. The van der Waals surface area contributed by atoms with Gasteiger partial charge in [0.05, 0.1) is 18.4 Å². The molecule has 1 aromatic heterocycles. The van der Waals surface area contributed by atoms with Gasteiger partial charge < -0.3 is 9.72 Å². The van der Waals surface area contributed by atoms with Gasteiger partial charge in [0.15, 0.2) is 0 Å². The Bertz CT molecular complexity index is 937. The number of H-pyrrole nitrogens is 1. The Balaban J connectivity index is 1.93. The van der Waals surface area contributed by atoms with Gasteiger partial charge in [-0.1, -0.05) is 48.6 Å². The molecule has 0 bridgehead atoms. The van der Waals surface area contributed by atoms with Gasteiger partial charge in [-0.2, -0.15) is 0 Å². The van der Waals surface area contributed by atoms with E-state index < -0.39 is 0 Å². The minimum atomic E-state index is -0.308. The van der Waals surface area contributed by atoms with Crippen LogP contribution in [0, 0.1) is 0 Å². The number of allylic oxidation sites excluding steroid dienone is 2. The van der Waals surface area contributed by atoms with E-state index in [1.54, 1.807) is 0 Å². The predicted molar refractivity (Wildman–Crippen MR) is 101 cm³/mol. The van der Waals surface area contributed by atoms with Crippen LogP contribution in [0.25, 0.3) is 22.2 Å². The molecule has 4 rings (SSSR count). The van der Waals surface area contributed by atoms with E-state index in [0.29, 0.717) is 11.5 Å². The third-order valence-corrected chi connectivity index (χ3v) is 4.95. The molecule has 126 valence electrons. The van der Waals surface area contributed by atoms with Crippen LogP contribution in [-0.2, 0) is 4.74 Å². The van der Waals surface area contributed by atoms with Crippen molar-refractivity contribution in [2.45, 2.75) is 25.2 Å². The number of aromatic amines is 1. The molecular weight excluding hydrogens is 310 g/mol. The van der Waals surface area contributed by atoms with Crippen molar-refractivity contribution in [2.75, 3.05) is 7.11 Å². The molecule has 1 atom stereocenters. The van der Waals surface area contributed by atoms with Gasteiger partial charge in [-0.05, 0) is 42.5 Å². The Labute approximate surface area is 147 Å². The van der Waals surface area contributed by atoms with E-state index in [0.717, 1.165) is 24.1 Å². The maximum atomic E-state index is 11.9. The number of methoxy groups -OCH3 is 1. The maximum absolute atomic E-state index is 11.9. The van der Waals surface area contributed by atoms with E-state index in [1.807, 2.05) is 24.3 Å². The normalized spacial score (nSPS) is 16.9. The molecule has 2 aromatic carbocycles. The third kappa shape index (κ3) is 2.86. The first-order valence-electron chi connectivity index (χ1n) is 8.74. The number of aromatic nitrogens is 1. The summed E-state index contributed by atoms with van der Waals surface area (Å²) in [5.74, 6) is 0.0959. The lowest BCUT2D eigenvalue weighted by Crippen LogP contribution is -2.01. The molecule has 1 unspecified atom stereocenters. The van der Waals surface area contributed by atoms with Gasteiger partial charge in [0, 0.05) is 16.8 Å². The predicted octanol–water partition coefficient (Wildman–Crippen LogP) is 5.45. The highest BCUT2D eigenvalue weighted by Gasteiger charge is 2.22. The summed E-state index contributed by atoms with van der Waals surface area (Å²) >= 11 is 0. The molecule has 0 amide bonds. The monoisotopic (exact) mass is 331 g/mol. The molecule has 0 saturated heterocycles. The molecule has 1 aliphatic rings. The molecule has 25 heavy (non-hydrogen) atoms. The lowest BCUT2D eigenvalue weighted by Gasteiger charge is -2.18. The SMILES string of the molecule is COC(=O)c1ccc2c(C3C=CCCC3)c(-c3ccccc3)[nH]c2c1. The molecule has 3 heteroatoms. The van der Waals surface area contributed by atoms with Crippen molar-refractivity contribution in [1.82, 2.24) is 4.98 Å². The summed E-state index contributed by atoms with van der Waals surface area (Å²) in [6.07, 6.45) is 8.13. The van der Waals surface area contributed by atoms with Gasteiger partial charge in [-0.3, -0.25) is 0 Å². The molecule has 0 aliphatic heterocycles. The van der Waals surface area contributed by atoms with Crippen molar-refractivity contribution in [1.29, 1.82) is 0 Å². The number of benzene rings is 2. The van der Waals surface area contributed by atoms with Crippen LogP contribution in [0.1, 0.15) is 41.1 Å². The first kappa shape index (κ1) is 15.7. The van der Waals surface area contributed by atoms with Crippen LogP contribution in [0.15, 0.2) is 60.7 Å². The highest BCUT2D eigenvalue weighted by atomic mass is 16.5. The van der Waals surface area contributed by atoms with Crippen LogP contribution in [0.2, 0.25) is 0 Å². The molecule has 0 fully saturated rings. The fraction of sp³-hybridized carbons (Fsp3) is 0.227. The molecule has 3 nitrogen and oxygen atoms in total. The molecule has 1 N–H and O–H groups in total. The van der Waals surface area contributed by atoms with Crippen molar-refractivity contribution in [3.05, 3.63) is 71.8 Å². The van der Waals surface area contributed by atoms with E-state index in [4.69, 9.17) is 4.74 Å². The lowest BCUT2D eigenvalue weighted by molar-refractivity contribution is 0.0601. The summed E-state index contributed by atoms with van der Waals surface area (Å²) in [6.45, 7) is 0. The number of ether oxygens (including phenoxy) is 1. The average Bonchev–Trinajstić information content (AvgIpc) is 3.07. The Morgan fingerprint density at radius 3 is 2.72 bits per heavy atom. The Morgan fingerprint density at radius 2 is 2.00 bits per heavy atom. The maximum Gasteiger partial charge on any atom is 0.337 e. The second kappa shape index (κ2) is 6.60. The zero-order chi connectivity index (χ0) is 17.2. The van der Waals surface area contributed by atoms with Gasteiger partial charge >= 0.3 is 5.97 Å². The average molecular weight is 331 g/mol. The number of carbonyl (C=O) groups excluding carboxylic acids is 1. The van der Waals surface area contributed by atoms with Gasteiger partial charge in [-0.15, -0.1) is 0 Å². The highest BCUT2D eigenvalue weighted by molar-refractivity contribution is 5.98. The summed E-state index contributed by atoms with van der Waals surface area (Å²) in [6, 6.07) is 16.2. The number of rotatable bonds is 3. The van der Waals surface area contributed by atoms with Crippen LogP contribution in [-0.4, -0.2) is 18.1 Å². The summed E-state index contributed by atoms with van der Waals surface area (Å²) in [7, 11) is 1.41. The van der Waals surface area contributed by atoms with Crippen molar-refractivity contribution in [2.24, 2.45) is 0 Å². The van der Waals surface area contributed by atoms with E-state index in [-0.39, 0.29) is 5.97 Å². The van der Waals surface area contributed by atoms with Crippen molar-refractivity contribution < 1.29 is 9.53 Å². The van der Waals surface area contributed by atoms with E-state index in [2.05, 4.69) is 41.4 Å². The first-order valence-corrected chi connectivity index (χ1v) is 8.74. The van der Waals surface area contributed by atoms with Crippen LogP contribution >= 0.6 is 0 Å². The topological polar surface area (TPSA) is 42.1 Å². The van der Waals surface area contributed by atoms with Gasteiger partial charge in [0.2, 0.25) is 0 Å². The van der Waals surface area contributed by atoms with E-state index in [1.165, 1.54) is 30.0 Å². The number of nitrogens with one attached hydrogen (secondary N) is 1. The second-order valence-electron chi connectivity index (χ2n) is 6.50. The molecule has 0 saturated carbocycles. The van der Waals surface area contributed by atoms with Crippen LogP contribution in [0.4, 0.5) is 0 Å². The Hall–Kier alpha value is -2.81. The van der Waals surface area contributed by atoms with Crippen molar-refractivity contribution in [3.63, 3.8) is 0 Å². The fourth-order valence-electron chi connectivity index (χ4n) is 3.73. The lowest BCUT2D eigenvalue weighted by atomic mass is 9.86. The van der Waals surface area contributed by atoms with Crippen LogP contribution < -0.4 is 0 Å². The van der Waals surface area contributed by atoms with Gasteiger partial charge in [-0.25, -0.2) is 4.79 Å². The summed E-state index contributed by atoms with van der Waals surface area (Å²) < 4.78 is 4.86. The quantitative estimate of drug-likeness (QED) is 0.512. The summed E-state index contributed by atoms with van der Waals surface area (Å²) in [5.41, 5.74) is 5.20. The minimum absolute atomic E-state index is 0.308. The Morgan fingerprint density at radius 1 is 1.16 bits per heavy atom. The smallest absolute Gasteiger partial charge is 0.337 e. The number of esters is 1. The second-order valence-corrected chi connectivity index (χ2v) is 6.50. The molecule has 3 aromatic rings. The fourth-order valence-corrected chi connectivity index (χ4v) is 3.73. The molecule has 0 radical (unpaired) electrons. The molecule has 1 aliphatic carbocycles. The van der Waals surface area contributed by atoms with Crippen molar-refractivity contribution in [3.8, 4) is 11.3 Å². The zero-order valence-corrected chi connectivity index (χ0v) is 14.3. The van der Waals surface area contributed by atoms with Crippen LogP contribution in [0.3, 0.4) is 0 Å². The summed E-state index contributed by atoms with van der Waals surface area (Å²) in [4.78, 5) is 15.4. The van der Waals surface area contributed by atoms with Gasteiger partial charge in [0.25, 0.3) is 0 Å². The van der Waals surface area contributed by atoms with Gasteiger partial charge in [0.1, 0.15) is 0 Å². The zero-order valence-electron chi connectivity index (χ0n) is 14.3. The van der Waals surface area contributed by atoms with Crippen LogP contribution in [0.5, 0.6) is 0 Å². The third-order valence-electron chi connectivity index (χ3n) is 4.95. The van der Waals surface area contributed by atoms with E-state index >= 15 is 0 Å².